The topological polar surface area (TPSA) is 64.0 Å². The van der Waals surface area contributed by atoms with Crippen LogP contribution in [-0.2, 0) is 4.79 Å². The van der Waals surface area contributed by atoms with Crippen LogP contribution in [0.25, 0.3) is 11.3 Å². The molecule has 1 aromatic heterocycles. The molecule has 1 atom stereocenters. The molecule has 156 valence electrons. The van der Waals surface area contributed by atoms with Gasteiger partial charge in [0.25, 0.3) is 5.56 Å². The van der Waals surface area contributed by atoms with Gasteiger partial charge in [-0.2, -0.15) is 5.10 Å². The second-order valence-electron chi connectivity index (χ2n) is 6.62. The van der Waals surface area contributed by atoms with Crippen LogP contribution in [0.2, 0.25) is 0 Å². The molecule has 1 amide bonds. The van der Waals surface area contributed by atoms with Crippen LogP contribution in [0.15, 0.2) is 47.3 Å². The van der Waals surface area contributed by atoms with E-state index in [0.29, 0.717) is 11.3 Å². The van der Waals surface area contributed by atoms with E-state index in [2.05, 4.69) is 5.10 Å². The van der Waals surface area contributed by atoms with Gasteiger partial charge >= 0.3 is 0 Å². The molecule has 1 heterocycles. The first-order valence-corrected chi connectivity index (χ1v) is 9.03. The van der Waals surface area contributed by atoms with E-state index in [9.17, 15) is 27.2 Å². The van der Waals surface area contributed by atoms with Gasteiger partial charge in [0.05, 0.1) is 5.69 Å². The number of hydrogen-bond acceptors (Lipinski definition) is 3. The van der Waals surface area contributed by atoms with Crippen LogP contribution in [0.1, 0.15) is 24.9 Å². The predicted molar refractivity (Wildman–Crippen MR) is 103 cm³/mol. The number of nitrogens with one attached hydrogen (secondary N) is 1. The molecule has 1 N–H and O–H groups in total. The van der Waals surface area contributed by atoms with Gasteiger partial charge in [-0.15, -0.1) is 0 Å². The highest BCUT2D eigenvalue weighted by Crippen LogP contribution is 2.25. The number of aryl methyl sites for hydroxylation is 1. The van der Waals surface area contributed by atoms with E-state index in [1.54, 1.807) is 19.1 Å². The Hall–Kier alpha value is -3.49. The Balaban J connectivity index is 1.98. The molecule has 0 aliphatic carbocycles. The van der Waals surface area contributed by atoms with Crippen LogP contribution >= 0.6 is 0 Å². The van der Waals surface area contributed by atoms with Crippen LogP contribution in [0.4, 0.5) is 23.2 Å². The van der Waals surface area contributed by atoms with E-state index in [0.717, 1.165) is 10.2 Å². The van der Waals surface area contributed by atoms with E-state index in [1.165, 1.54) is 12.1 Å². The number of carbonyl (C=O) groups is 1. The van der Waals surface area contributed by atoms with Gasteiger partial charge in [-0.05, 0) is 19.4 Å². The van der Waals surface area contributed by atoms with Crippen molar-refractivity contribution in [3.63, 3.8) is 0 Å². The fourth-order valence-corrected chi connectivity index (χ4v) is 2.89. The highest BCUT2D eigenvalue weighted by atomic mass is 19.2. The Morgan fingerprint density at radius 3 is 2.20 bits per heavy atom. The lowest BCUT2D eigenvalue weighted by molar-refractivity contribution is -0.119. The number of hydrogen-bond donors (Lipinski definition) is 1. The summed E-state index contributed by atoms with van der Waals surface area (Å²) in [5.74, 6) is -7.85. The molecule has 0 unspecified atom stereocenters. The molecule has 3 rings (SSSR count). The van der Waals surface area contributed by atoms with Crippen LogP contribution in [0.3, 0.4) is 0 Å². The summed E-state index contributed by atoms with van der Waals surface area (Å²) >= 11 is 0. The van der Waals surface area contributed by atoms with Crippen molar-refractivity contribution < 1.29 is 22.4 Å². The fourth-order valence-electron chi connectivity index (χ4n) is 2.89. The molecule has 0 spiro atoms. The minimum atomic E-state index is -1.74. The summed E-state index contributed by atoms with van der Waals surface area (Å²) in [4.78, 5) is 24.9. The highest BCUT2D eigenvalue weighted by molar-refractivity contribution is 5.93. The number of carbonyl (C=O) groups excluding carboxylic acids is 1. The molecule has 3 aromatic rings. The van der Waals surface area contributed by atoms with Gasteiger partial charge in [0.1, 0.15) is 11.7 Å². The standard InChI is InChI=1S/C21H17F4N3O2/c1-3-16(21(30)26-20-18(24)13(22)10-14(23)19(20)25)28-17(29)9-8-15(27-28)12-6-4-11(2)5-7-12/h4-10,16H,3H2,1-2H3,(H,26,30)/t16-/m1/s1. The van der Waals surface area contributed by atoms with Crippen molar-refractivity contribution in [2.45, 2.75) is 26.3 Å². The Morgan fingerprint density at radius 1 is 1.03 bits per heavy atom. The average molecular weight is 419 g/mol. The Morgan fingerprint density at radius 2 is 1.63 bits per heavy atom. The summed E-state index contributed by atoms with van der Waals surface area (Å²) in [7, 11) is 0. The fraction of sp³-hybridized carbons (Fsp3) is 0.190. The molecular formula is C21H17F4N3O2. The number of nitrogens with zero attached hydrogens (tertiary/aromatic N) is 2. The molecular weight excluding hydrogens is 402 g/mol. The SMILES string of the molecule is CC[C@H](C(=O)Nc1c(F)c(F)cc(F)c1F)n1nc(-c2ccc(C)cc2)ccc1=O. The minimum absolute atomic E-state index is 0.0249. The van der Waals surface area contributed by atoms with E-state index in [1.807, 2.05) is 24.4 Å². The maximum atomic E-state index is 13.9. The summed E-state index contributed by atoms with van der Waals surface area (Å²) in [6.07, 6.45) is 0.0249. The lowest BCUT2D eigenvalue weighted by Gasteiger charge is -2.18. The zero-order chi connectivity index (χ0) is 22.0. The molecule has 0 radical (unpaired) electrons. The first kappa shape index (κ1) is 21.2. The molecule has 0 aliphatic rings. The largest absolute Gasteiger partial charge is 0.319 e. The van der Waals surface area contributed by atoms with Gasteiger partial charge in [0.15, 0.2) is 23.3 Å². The van der Waals surface area contributed by atoms with Gasteiger partial charge in [-0.25, -0.2) is 22.2 Å². The molecule has 2 aromatic carbocycles. The molecule has 0 saturated carbocycles. The maximum absolute atomic E-state index is 13.9. The van der Waals surface area contributed by atoms with Gasteiger partial charge in [0.2, 0.25) is 5.91 Å². The normalized spacial score (nSPS) is 11.9. The minimum Gasteiger partial charge on any atom is -0.319 e. The Bertz CT molecular complexity index is 1130. The third-order valence-electron chi connectivity index (χ3n) is 4.52. The number of rotatable bonds is 5. The second-order valence-corrected chi connectivity index (χ2v) is 6.62. The molecule has 9 heteroatoms. The summed E-state index contributed by atoms with van der Waals surface area (Å²) in [6.45, 7) is 3.46. The quantitative estimate of drug-likeness (QED) is 0.494. The van der Waals surface area contributed by atoms with Gasteiger partial charge < -0.3 is 5.32 Å². The first-order chi connectivity index (χ1) is 14.2. The lowest BCUT2D eigenvalue weighted by Crippen LogP contribution is -2.35. The zero-order valence-corrected chi connectivity index (χ0v) is 16.0. The molecule has 0 bridgehead atoms. The predicted octanol–water partition coefficient (Wildman–Crippen LogP) is 4.36. The molecule has 30 heavy (non-hydrogen) atoms. The molecule has 0 fully saturated rings. The third-order valence-corrected chi connectivity index (χ3v) is 4.52. The summed E-state index contributed by atoms with van der Waals surface area (Å²) in [5, 5.41) is 6.03. The Labute approximate surface area is 169 Å². The van der Waals surface area contributed by atoms with Crippen molar-refractivity contribution in [1.82, 2.24) is 9.78 Å². The van der Waals surface area contributed by atoms with Crippen LogP contribution in [0.5, 0.6) is 0 Å². The summed E-state index contributed by atoms with van der Waals surface area (Å²) in [5.41, 5.74) is 0.214. The monoisotopic (exact) mass is 419 g/mol. The average Bonchev–Trinajstić information content (AvgIpc) is 2.72. The lowest BCUT2D eigenvalue weighted by atomic mass is 10.1. The third kappa shape index (κ3) is 4.10. The van der Waals surface area contributed by atoms with Crippen molar-refractivity contribution in [3.05, 3.63) is 81.7 Å². The zero-order valence-electron chi connectivity index (χ0n) is 16.0. The van der Waals surface area contributed by atoms with Crippen molar-refractivity contribution in [1.29, 1.82) is 0 Å². The molecule has 0 saturated heterocycles. The van der Waals surface area contributed by atoms with Gasteiger partial charge in [0, 0.05) is 17.7 Å². The molecule has 5 nitrogen and oxygen atoms in total. The number of benzene rings is 2. The molecule has 0 aliphatic heterocycles. The first-order valence-electron chi connectivity index (χ1n) is 9.03. The van der Waals surface area contributed by atoms with Crippen molar-refractivity contribution in [2.75, 3.05) is 5.32 Å². The second kappa shape index (κ2) is 8.48. The summed E-state index contributed by atoms with van der Waals surface area (Å²) < 4.78 is 55.5. The van der Waals surface area contributed by atoms with Crippen LogP contribution in [-0.4, -0.2) is 15.7 Å². The van der Waals surface area contributed by atoms with Crippen LogP contribution < -0.4 is 10.9 Å². The number of halogens is 4. The Kier molecular flexibility index (Phi) is 6.00. The highest BCUT2D eigenvalue weighted by Gasteiger charge is 2.26. The van der Waals surface area contributed by atoms with Crippen LogP contribution in [0, 0.1) is 30.2 Å². The van der Waals surface area contributed by atoms with Crippen molar-refractivity contribution in [2.24, 2.45) is 0 Å². The van der Waals surface area contributed by atoms with E-state index in [-0.39, 0.29) is 12.5 Å². The number of aromatic nitrogens is 2. The van der Waals surface area contributed by atoms with E-state index < -0.39 is 46.5 Å². The van der Waals surface area contributed by atoms with Crippen molar-refractivity contribution >= 4 is 11.6 Å². The number of amides is 1. The maximum Gasteiger partial charge on any atom is 0.267 e. The smallest absolute Gasteiger partial charge is 0.267 e. The summed E-state index contributed by atoms with van der Waals surface area (Å²) in [6, 6.07) is 8.72. The number of anilines is 1. The van der Waals surface area contributed by atoms with Gasteiger partial charge in [-0.3, -0.25) is 9.59 Å². The van der Waals surface area contributed by atoms with Crippen molar-refractivity contribution in [3.8, 4) is 11.3 Å². The van der Waals surface area contributed by atoms with E-state index >= 15 is 0 Å². The van der Waals surface area contributed by atoms with Gasteiger partial charge in [-0.1, -0.05) is 36.8 Å². The van der Waals surface area contributed by atoms with E-state index in [4.69, 9.17) is 0 Å².